The highest BCUT2D eigenvalue weighted by molar-refractivity contribution is 7.84. The van der Waals surface area contributed by atoms with Gasteiger partial charge < -0.3 is 5.11 Å². The fraction of sp³-hybridized carbons (Fsp3) is 0.318. The van der Waals surface area contributed by atoms with E-state index in [-0.39, 0.29) is 18.0 Å². The van der Waals surface area contributed by atoms with Crippen LogP contribution in [0.5, 0.6) is 0 Å². The number of nitrogens with one attached hydrogen (secondary N) is 1. The molecule has 0 bridgehead atoms. The SMILES string of the molecule is C=C(C[C@@H](Cc1ccc(-c2ccccc2)cc1)N[S@@](=O)C(C)(C)C)C(=O)O. The fourth-order valence-electron chi connectivity index (χ4n) is 2.62. The summed E-state index contributed by atoms with van der Waals surface area (Å²) in [6, 6.07) is 18.0. The van der Waals surface area contributed by atoms with Gasteiger partial charge in [0.05, 0.1) is 15.7 Å². The molecule has 0 saturated heterocycles. The first kappa shape index (κ1) is 21.1. The maximum atomic E-state index is 12.5. The molecule has 0 aliphatic heterocycles. The molecule has 5 heteroatoms. The van der Waals surface area contributed by atoms with Crippen molar-refractivity contribution in [3.63, 3.8) is 0 Å². The molecule has 2 atom stereocenters. The number of carbonyl (C=O) groups is 1. The van der Waals surface area contributed by atoms with E-state index in [1.165, 1.54) is 0 Å². The van der Waals surface area contributed by atoms with Gasteiger partial charge in [0.15, 0.2) is 0 Å². The van der Waals surface area contributed by atoms with Gasteiger partial charge in [0.1, 0.15) is 0 Å². The van der Waals surface area contributed by atoms with E-state index < -0.39 is 21.7 Å². The molecule has 2 rings (SSSR count). The van der Waals surface area contributed by atoms with Crippen molar-refractivity contribution >= 4 is 17.0 Å². The summed E-state index contributed by atoms with van der Waals surface area (Å²) in [5.74, 6) is -1.03. The molecular weight excluding hydrogens is 358 g/mol. The van der Waals surface area contributed by atoms with E-state index in [9.17, 15) is 9.00 Å². The first-order chi connectivity index (χ1) is 12.7. The minimum atomic E-state index is -1.29. The lowest BCUT2D eigenvalue weighted by Gasteiger charge is -2.24. The average molecular weight is 386 g/mol. The van der Waals surface area contributed by atoms with Crippen LogP contribution in [0.2, 0.25) is 0 Å². The van der Waals surface area contributed by atoms with E-state index in [2.05, 4.69) is 35.6 Å². The van der Waals surface area contributed by atoms with Crippen LogP contribution in [0.15, 0.2) is 66.7 Å². The van der Waals surface area contributed by atoms with Crippen molar-refractivity contribution in [2.75, 3.05) is 0 Å². The molecule has 0 aliphatic carbocycles. The summed E-state index contributed by atoms with van der Waals surface area (Å²) in [5, 5.41) is 9.15. The molecule has 2 aromatic rings. The number of hydrogen-bond donors (Lipinski definition) is 2. The van der Waals surface area contributed by atoms with Gasteiger partial charge in [-0.15, -0.1) is 0 Å². The summed E-state index contributed by atoms with van der Waals surface area (Å²) in [6.45, 7) is 9.27. The van der Waals surface area contributed by atoms with Crippen molar-refractivity contribution in [2.45, 2.75) is 44.4 Å². The minimum Gasteiger partial charge on any atom is -0.478 e. The van der Waals surface area contributed by atoms with Gasteiger partial charge in [0.2, 0.25) is 0 Å². The summed E-state index contributed by atoms with van der Waals surface area (Å²) < 4.78 is 15.1. The first-order valence-corrected chi connectivity index (χ1v) is 10.1. The Morgan fingerprint density at radius 1 is 1.07 bits per heavy atom. The maximum absolute atomic E-state index is 12.5. The molecule has 0 heterocycles. The second-order valence-electron chi connectivity index (χ2n) is 7.58. The Balaban J connectivity index is 2.14. The zero-order valence-electron chi connectivity index (χ0n) is 16.1. The Morgan fingerprint density at radius 2 is 1.63 bits per heavy atom. The van der Waals surface area contributed by atoms with Crippen LogP contribution in [0, 0.1) is 0 Å². The van der Waals surface area contributed by atoms with Crippen molar-refractivity contribution in [3.05, 3.63) is 72.3 Å². The average Bonchev–Trinajstić information content (AvgIpc) is 2.62. The van der Waals surface area contributed by atoms with E-state index in [0.717, 1.165) is 16.7 Å². The van der Waals surface area contributed by atoms with Crippen molar-refractivity contribution in [2.24, 2.45) is 0 Å². The molecule has 0 amide bonds. The maximum Gasteiger partial charge on any atom is 0.331 e. The second-order valence-corrected chi connectivity index (χ2v) is 9.57. The molecule has 0 spiro atoms. The predicted molar refractivity (Wildman–Crippen MR) is 112 cm³/mol. The lowest BCUT2D eigenvalue weighted by atomic mass is 9.98. The van der Waals surface area contributed by atoms with Crippen LogP contribution in [0.3, 0.4) is 0 Å². The van der Waals surface area contributed by atoms with Gasteiger partial charge in [-0.25, -0.2) is 13.7 Å². The van der Waals surface area contributed by atoms with Crippen LogP contribution in [0.4, 0.5) is 0 Å². The molecule has 0 saturated carbocycles. The highest BCUT2D eigenvalue weighted by Gasteiger charge is 2.24. The minimum absolute atomic E-state index is 0.110. The summed E-state index contributed by atoms with van der Waals surface area (Å²) in [7, 11) is -1.29. The Bertz CT molecular complexity index is 808. The van der Waals surface area contributed by atoms with Crippen LogP contribution in [-0.2, 0) is 22.2 Å². The molecule has 0 aliphatic rings. The normalized spacial score (nSPS) is 13.7. The molecule has 2 aromatic carbocycles. The third kappa shape index (κ3) is 6.45. The molecule has 0 aromatic heterocycles. The number of aliphatic carboxylic acids is 1. The number of carboxylic acids is 1. The molecule has 0 fully saturated rings. The van der Waals surface area contributed by atoms with E-state index in [1.54, 1.807) is 0 Å². The highest BCUT2D eigenvalue weighted by Crippen LogP contribution is 2.21. The molecule has 27 heavy (non-hydrogen) atoms. The molecule has 4 nitrogen and oxygen atoms in total. The summed E-state index contributed by atoms with van der Waals surface area (Å²) >= 11 is 0. The smallest absolute Gasteiger partial charge is 0.331 e. The number of carboxylic acid groups (broad SMARTS) is 1. The van der Waals surface area contributed by atoms with Gasteiger partial charge in [-0.3, -0.25) is 0 Å². The fourth-order valence-corrected chi connectivity index (χ4v) is 3.44. The van der Waals surface area contributed by atoms with Gasteiger partial charge in [0, 0.05) is 11.6 Å². The zero-order chi connectivity index (χ0) is 20.0. The van der Waals surface area contributed by atoms with Crippen molar-refractivity contribution in [3.8, 4) is 11.1 Å². The quantitative estimate of drug-likeness (QED) is 0.664. The molecule has 2 N–H and O–H groups in total. The second kappa shape index (κ2) is 9.11. The predicted octanol–water partition coefficient (Wildman–Crippen LogP) is 4.35. The van der Waals surface area contributed by atoms with Gasteiger partial charge >= 0.3 is 5.97 Å². The van der Waals surface area contributed by atoms with Gasteiger partial charge in [0.25, 0.3) is 0 Å². The topological polar surface area (TPSA) is 66.4 Å². The molecule has 0 unspecified atom stereocenters. The Kier molecular flexibility index (Phi) is 7.11. The van der Waals surface area contributed by atoms with Crippen LogP contribution < -0.4 is 4.72 Å². The Morgan fingerprint density at radius 3 is 2.15 bits per heavy atom. The standard InChI is InChI=1S/C22H27NO3S/c1-16(21(24)25)14-20(23-27(26)22(2,3)4)15-17-10-12-19(13-11-17)18-8-6-5-7-9-18/h5-13,20,23H,1,14-15H2,2-4H3,(H,24,25)/t20-,27-/m0/s1. The third-order valence-corrected chi connectivity index (χ3v) is 5.83. The van der Waals surface area contributed by atoms with Crippen molar-refractivity contribution < 1.29 is 14.1 Å². The summed E-state index contributed by atoms with van der Waals surface area (Å²) in [5.41, 5.74) is 3.43. The molecular formula is C22H27NO3S. The zero-order valence-corrected chi connectivity index (χ0v) is 16.9. The van der Waals surface area contributed by atoms with Crippen LogP contribution in [0.1, 0.15) is 32.8 Å². The number of rotatable bonds is 8. The van der Waals surface area contributed by atoms with E-state index in [1.807, 2.05) is 51.1 Å². The van der Waals surface area contributed by atoms with E-state index >= 15 is 0 Å². The molecule has 144 valence electrons. The van der Waals surface area contributed by atoms with Crippen LogP contribution in [-0.4, -0.2) is 26.1 Å². The van der Waals surface area contributed by atoms with E-state index in [4.69, 9.17) is 5.11 Å². The largest absolute Gasteiger partial charge is 0.478 e. The number of hydrogen-bond acceptors (Lipinski definition) is 2. The number of benzene rings is 2. The summed E-state index contributed by atoms with van der Waals surface area (Å²) in [4.78, 5) is 11.2. The Labute approximate surface area is 163 Å². The third-order valence-electron chi connectivity index (χ3n) is 4.17. The molecule has 0 radical (unpaired) electrons. The first-order valence-electron chi connectivity index (χ1n) is 8.90. The van der Waals surface area contributed by atoms with E-state index in [0.29, 0.717) is 6.42 Å². The summed E-state index contributed by atoms with van der Waals surface area (Å²) in [6.07, 6.45) is 0.806. The lowest BCUT2D eigenvalue weighted by Crippen LogP contribution is -2.41. The van der Waals surface area contributed by atoms with Gasteiger partial charge in [-0.2, -0.15) is 0 Å². The van der Waals surface area contributed by atoms with Crippen molar-refractivity contribution in [1.82, 2.24) is 4.72 Å². The van der Waals surface area contributed by atoms with Crippen LogP contribution in [0.25, 0.3) is 11.1 Å². The van der Waals surface area contributed by atoms with Crippen molar-refractivity contribution in [1.29, 1.82) is 0 Å². The highest BCUT2D eigenvalue weighted by atomic mass is 32.2. The van der Waals surface area contributed by atoms with Crippen LogP contribution >= 0.6 is 0 Å². The monoisotopic (exact) mass is 385 g/mol. The Hall–Kier alpha value is -2.24. The van der Waals surface area contributed by atoms with Gasteiger partial charge in [-0.1, -0.05) is 61.2 Å². The van der Waals surface area contributed by atoms with Gasteiger partial charge in [-0.05, 0) is 50.3 Å². The lowest BCUT2D eigenvalue weighted by molar-refractivity contribution is -0.132.